The van der Waals surface area contributed by atoms with Crippen molar-refractivity contribution in [3.8, 4) is 0 Å². The van der Waals surface area contributed by atoms with Gasteiger partial charge >= 0.3 is 0 Å². The van der Waals surface area contributed by atoms with E-state index in [1.807, 2.05) is 12.1 Å². The Bertz CT molecular complexity index is 725. The van der Waals surface area contributed by atoms with Crippen molar-refractivity contribution < 1.29 is 4.79 Å². The van der Waals surface area contributed by atoms with Crippen molar-refractivity contribution in [1.29, 1.82) is 0 Å². The molecule has 0 saturated carbocycles. The first kappa shape index (κ1) is 12.7. The number of carbonyl (C=O) groups excluding carboxylic acids is 1. The molecule has 0 spiro atoms. The summed E-state index contributed by atoms with van der Waals surface area (Å²) in [5.41, 5.74) is 7.06. The largest absolute Gasteiger partial charge is 0.359 e. The Morgan fingerprint density at radius 2 is 2.15 bits per heavy atom. The van der Waals surface area contributed by atoms with Crippen molar-refractivity contribution in [2.24, 2.45) is 0 Å². The molecule has 4 heteroatoms. The highest BCUT2D eigenvalue weighted by Crippen LogP contribution is 2.33. The van der Waals surface area contributed by atoms with Crippen molar-refractivity contribution >= 4 is 23.2 Å². The zero-order valence-electron chi connectivity index (χ0n) is 11.9. The van der Waals surface area contributed by atoms with Gasteiger partial charge in [-0.25, -0.2) is 0 Å². The van der Waals surface area contributed by atoms with Crippen molar-refractivity contribution in [3.63, 3.8) is 0 Å². The van der Waals surface area contributed by atoms with Gasteiger partial charge in [-0.2, -0.15) is 0 Å². The Kier molecular flexibility index (Phi) is 2.93. The Labute approximate surface area is 117 Å². The van der Waals surface area contributed by atoms with E-state index in [9.17, 15) is 4.79 Å². The molecule has 20 heavy (non-hydrogen) atoms. The van der Waals surface area contributed by atoms with E-state index in [-0.39, 0.29) is 5.91 Å². The van der Waals surface area contributed by atoms with Gasteiger partial charge in [0, 0.05) is 29.3 Å². The average molecular weight is 267 g/mol. The number of aromatic nitrogens is 2. The van der Waals surface area contributed by atoms with Gasteiger partial charge in [-0.1, -0.05) is 6.92 Å². The summed E-state index contributed by atoms with van der Waals surface area (Å²) in [5, 5.41) is 2.86. The third-order valence-corrected chi connectivity index (χ3v) is 3.88. The van der Waals surface area contributed by atoms with Crippen LogP contribution in [0.1, 0.15) is 35.0 Å². The van der Waals surface area contributed by atoms with Crippen LogP contribution in [0.4, 0.5) is 5.69 Å². The fourth-order valence-electron chi connectivity index (χ4n) is 2.81. The summed E-state index contributed by atoms with van der Waals surface area (Å²) in [6.07, 6.45) is 6.32. The number of hydrogen-bond donors (Lipinski definition) is 2. The monoisotopic (exact) mass is 267 g/mol. The number of rotatable bonds is 2. The van der Waals surface area contributed by atoms with Crippen LogP contribution in [0.15, 0.2) is 18.5 Å². The number of H-pyrrole nitrogens is 1. The van der Waals surface area contributed by atoms with E-state index in [1.54, 1.807) is 12.4 Å². The molecule has 0 radical (unpaired) electrons. The predicted octanol–water partition coefficient (Wildman–Crippen LogP) is 3.08. The number of aryl methyl sites for hydroxylation is 1. The molecule has 0 atom stereocenters. The van der Waals surface area contributed by atoms with Crippen LogP contribution in [0.3, 0.4) is 0 Å². The number of fused-ring (bicyclic) bond motifs is 1. The smallest absolute Gasteiger partial charge is 0.256 e. The number of carbonyl (C=O) groups is 1. The van der Waals surface area contributed by atoms with Crippen molar-refractivity contribution in [2.75, 3.05) is 5.32 Å². The minimum absolute atomic E-state index is 0.0716. The molecular weight excluding hydrogens is 250 g/mol. The quantitative estimate of drug-likeness (QED) is 0.821. The van der Waals surface area contributed by atoms with E-state index in [4.69, 9.17) is 0 Å². The number of nitrogens with one attached hydrogen (secondary N) is 2. The molecule has 2 aromatic rings. The summed E-state index contributed by atoms with van der Waals surface area (Å²) < 4.78 is 0. The first-order valence-electron chi connectivity index (χ1n) is 6.77. The van der Waals surface area contributed by atoms with Gasteiger partial charge in [0.15, 0.2) is 0 Å². The summed E-state index contributed by atoms with van der Waals surface area (Å²) >= 11 is 0. The number of amides is 1. The summed E-state index contributed by atoms with van der Waals surface area (Å²) in [6, 6.07) is 1.82. The normalized spacial score (nSPS) is 15.6. The van der Waals surface area contributed by atoms with Gasteiger partial charge in [0.1, 0.15) is 0 Å². The van der Waals surface area contributed by atoms with E-state index in [2.05, 4.69) is 36.1 Å². The maximum absolute atomic E-state index is 12.1. The van der Waals surface area contributed by atoms with Gasteiger partial charge in [0.05, 0.1) is 11.3 Å². The van der Waals surface area contributed by atoms with Gasteiger partial charge in [0.25, 0.3) is 5.91 Å². The zero-order chi connectivity index (χ0) is 14.3. The highest BCUT2D eigenvalue weighted by atomic mass is 16.2. The third-order valence-electron chi connectivity index (χ3n) is 3.88. The number of anilines is 1. The maximum atomic E-state index is 12.1. The second kappa shape index (κ2) is 4.63. The van der Waals surface area contributed by atoms with E-state index in [1.165, 1.54) is 16.8 Å². The van der Waals surface area contributed by atoms with E-state index in [0.29, 0.717) is 5.57 Å². The maximum Gasteiger partial charge on any atom is 0.256 e. The lowest BCUT2D eigenvalue weighted by Gasteiger charge is -1.98. The zero-order valence-corrected chi connectivity index (χ0v) is 11.9. The molecular formula is C16H17N3O. The van der Waals surface area contributed by atoms with Gasteiger partial charge < -0.3 is 10.3 Å². The second-order valence-electron chi connectivity index (χ2n) is 5.05. The van der Waals surface area contributed by atoms with Gasteiger partial charge in [-0.15, -0.1) is 0 Å². The van der Waals surface area contributed by atoms with Crippen LogP contribution in [-0.2, 0) is 11.2 Å². The number of pyridine rings is 1. The summed E-state index contributed by atoms with van der Waals surface area (Å²) in [7, 11) is 0. The number of hydrogen-bond acceptors (Lipinski definition) is 2. The lowest BCUT2D eigenvalue weighted by molar-refractivity contribution is -0.110. The van der Waals surface area contributed by atoms with Crippen LogP contribution in [-0.4, -0.2) is 15.9 Å². The molecule has 0 saturated heterocycles. The number of aromatic amines is 1. The standard InChI is InChI=1S/C16H17N3O/c1-4-11-9(2)15(18-10(11)3)7-12-13-8-17-6-5-14(13)19-16(12)20/h5-8,18H,4H2,1-3H3,(H,19,20). The highest BCUT2D eigenvalue weighted by Gasteiger charge is 2.24. The molecule has 2 N–H and O–H groups in total. The first-order valence-corrected chi connectivity index (χ1v) is 6.77. The molecule has 0 aromatic carbocycles. The molecule has 3 rings (SSSR count). The molecule has 0 bridgehead atoms. The first-order chi connectivity index (χ1) is 9.61. The topological polar surface area (TPSA) is 57.8 Å². The summed E-state index contributed by atoms with van der Waals surface area (Å²) in [6.45, 7) is 6.30. The molecule has 0 fully saturated rings. The molecule has 0 aliphatic carbocycles. The van der Waals surface area contributed by atoms with Crippen LogP contribution in [0.25, 0.3) is 11.6 Å². The Morgan fingerprint density at radius 1 is 1.35 bits per heavy atom. The van der Waals surface area contributed by atoms with Crippen molar-refractivity contribution in [1.82, 2.24) is 9.97 Å². The Morgan fingerprint density at radius 3 is 2.85 bits per heavy atom. The van der Waals surface area contributed by atoms with Crippen LogP contribution in [0.2, 0.25) is 0 Å². The van der Waals surface area contributed by atoms with Crippen LogP contribution in [0, 0.1) is 13.8 Å². The fraction of sp³-hybridized carbons (Fsp3) is 0.250. The van der Waals surface area contributed by atoms with Crippen molar-refractivity contribution in [3.05, 3.63) is 46.5 Å². The molecule has 1 amide bonds. The molecule has 0 unspecified atom stereocenters. The van der Waals surface area contributed by atoms with E-state index >= 15 is 0 Å². The van der Waals surface area contributed by atoms with Crippen LogP contribution < -0.4 is 5.32 Å². The molecule has 4 nitrogen and oxygen atoms in total. The van der Waals surface area contributed by atoms with Crippen molar-refractivity contribution in [2.45, 2.75) is 27.2 Å². The molecule has 2 aromatic heterocycles. The Hall–Kier alpha value is -2.36. The number of nitrogens with zero attached hydrogens (tertiary/aromatic N) is 1. The minimum Gasteiger partial charge on any atom is -0.359 e. The van der Waals surface area contributed by atoms with E-state index < -0.39 is 0 Å². The summed E-state index contributed by atoms with van der Waals surface area (Å²) in [4.78, 5) is 19.6. The molecule has 3 heterocycles. The van der Waals surface area contributed by atoms with Gasteiger partial charge in [-0.05, 0) is 43.5 Å². The van der Waals surface area contributed by atoms with Crippen LogP contribution >= 0.6 is 0 Å². The van der Waals surface area contributed by atoms with Gasteiger partial charge in [-0.3, -0.25) is 9.78 Å². The molecule has 102 valence electrons. The molecule has 1 aliphatic heterocycles. The second-order valence-corrected chi connectivity index (χ2v) is 5.05. The van der Waals surface area contributed by atoms with E-state index in [0.717, 1.165) is 23.4 Å². The SMILES string of the molecule is CCc1c(C)[nH]c(C=C2C(=O)Nc3ccncc32)c1C. The average Bonchev–Trinajstić information content (AvgIpc) is 2.88. The Balaban J connectivity index is 2.12. The predicted molar refractivity (Wildman–Crippen MR) is 80.4 cm³/mol. The minimum atomic E-state index is -0.0716. The van der Waals surface area contributed by atoms with Gasteiger partial charge in [0.2, 0.25) is 0 Å². The third kappa shape index (κ3) is 1.84. The summed E-state index contributed by atoms with van der Waals surface area (Å²) in [5.74, 6) is -0.0716. The molecule has 1 aliphatic rings. The fourth-order valence-corrected chi connectivity index (χ4v) is 2.81. The lowest BCUT2D eigenvalue weighted by atomic mass is 10.0. The lowest BCUT2D eigenvalue weighted by Crippen LogP contribution is -2.03. The highest BCUT2D eigenvalue weighted by molar-refractivity contribution is 6.34. The van der Waals surface area contributed by atoms with Crippen LogP contribution in [0.5, 0.6) is 0 Å².